The number of pyridine rings is 1. The minimum Gasteiger partial charge on any atom is -0.313 e. The van der Waals surface area contributed by atoms with E-state index < -0.39 is 0 Å². The predicted molar refractivity (Wildman–Crippen MR) is 81.1 cm³/mol. The highest BCUT2D eigenvalue weighted by Crippen LogP contribution is 2.03. The first-order valence-electron chi connectivity index (χ1n) is 7.09. The number of hydrogen-bond acceptors (Lipinski definition) is 4. The molecule has 0 aliphatic rings. The van der Waals surface area contributed by atoms with Crippen LogP contribution < -0.4 is 5.32 Å². The Morgan fingerprint density at radius 3 is 2.53 bits per heavy atom. The Balaban J connectivity index is 2.31. The topological polar surface area (TPSA) is 31.4 Å². The van der Waals surface area contributed by atoms with Gasteiger partial charge in [0.1, 0.15) is 0 Å². The number of nitrogens with one attached hydrogen (secondary N) is 1. The van der Waals surface area contributed by atoms with Gasteiger partial charge in [-0.25, -0.2) is 0 Å². The van der Waals surface area contributed by atoms with E-state index in [0.29, 0.717) is 0 Å². The third-order valence-corrected chi connectivity index (χ3v) is 3.04. The molecule has 0 aliphatic heterocycles. The summed E-state index contributed by atoms with van der Waals surface area (Å²) in [5, 5.41) is 3.31. The summed E-state index contributed by atoms with van der Waals surface area (Å²) in [4.78, 5) is 9.08. The van der Waals surface area contributed by atoms with Crippen molar-refractivity contribution >= 4 is 0 Å². The standard InChI is InChI=1S/C15H28N4/c1-5-16-11-14-7-8-15(17-12-14)13-19(4)10-6-9-18(2)3/h7-8,12,16H,5-6,9-11,13H2,1-4H3. The van der Waals surface area contributed by atoms with Crippen LogP contribution in [-0.2, 0) is 13.1 Å². The van der Waals surface area contributed by atoms with Gasteiger partial charge in [-0.15, -0.1) is 0 Å². The van der Waals surface area contributed by atoms with Crippen molar-refractivity contribution in [2.24, 2.45) is 0 Å². The summed E-state index contributed by atoms with van der Waals surface area (Å²) in [6.45, 7) is 7.19. The van der Waals surface area contributed by atoms with Gasteiger partial charge in [-0.1, -0.05) is 13.0 Å². The molecular formula is C15H28N4. The van der Waals surface area contributed by atoms with Crippen LogP contribution in [0.3, 0.4) is 0 Å². The van der Waals surface area contributed by atoms with Gasteiger partial charge in [-0.3, -0.25) is 4.98 Å². The molecule has 1 rings (SSSR count). The molecule has 1 N–H and O–H groups in total. The van der Waals surface area contributed by atoms with E-state index in [4.69, 9.17) is 0 Å². The van der Waals surface area contributed by atoms with Crippen molar-refractivity contribution in [3.8, 4) is 0 Å². The molecular weight excluding hydrogens is 236 g/mol. The lowest BCUT2D eigenvalue weighted by Gasteiger charge is -2.17. The molecule has 19 heavy (non-hydrogen) atoms. The van der Waals surface area contributed by atoms with E-state index in [1.54, 1.807) is 0 Å². The fourth-order valence-electron chi connectivity index (χ4n) is 1.94. The van der Waals surface area contributed by atoms with Crippen molar-refractivity contribution in [3.05, 3.63) is 29.6 Å². The van der Waals surface area contributed by atoms with E-state index in [1.807, 2.05) is 6.20 Å². The third-order valence-electron chi connectivity index (χ3n) is 3.04. The second kappa shape index (κ2) is 9.02. The number of rotatable bonds is 9. The molecule has 0 fully saturated rings. The maximum absolute atomic E-state index is 4.52. The van der Waals surface area contributed by atoms with E-state index in [2.05, 4.69) is 60.3 Å². The van der Waals surface area contributed by atoms with Crippen molar-refractivity contribution < 1.29 is 0 Å². The van der Waals surface area contributed by atoms with Crippen LogP contribution in [-0.4, -0.2) is 55.6 Å². The smallest absolute Gasteiger partial charge is 0.0544 e. The summed E-state index contributed by atoms with van der Waals surface area (Å²) in [5.41, 5.74) is 2.40. The average molecular weight is 264 g/mol. The molecule has 0 saturated carbocycles. The van der Waals surface area contributed by atoms with Gasteiger partial charge in [0.2, 0.25) is 0 Å². The summed E-state index contributed by atoms with van der Waals surface area (Å²) in [5.74, 6) is 0. The third kappa shape index (κ3) is 7.25. The first kappa shape index (κ1) is 16.1. The molecule has 0 aliphatic carbocycles. The fourth-order valence-corrected chi connectivity index (χ4v) is 1.94. The van der Waals surface area contributed by atoms with Crippen LogP contribution in [0.25, 0.3) is 0 Å². The Labute approximate surface area is 117 Å². The van der Waals surface area contributed by atoms with Gasteiger partial charge in [0.25, 0.3) is 0 Å². The summed E-state index contributed by atoms with van der Waals surface area (Å²) in [6, 6.07) is 4.30. The Morgan fingerprint density at radius 2 is 1.95 bits per heavy atom. The Bertz CT molecular complexity index is 335. The first-order chi connectivity index (χ1) is 9.11. The van der Waals surface area contributed by atoms with Crippen LogP contribution in [0.2, 0.25) is 0 Å². The molecule has 0 amide bonds. The second-order valence-corrected chi connectivity index (χ2v) is 5.33. The predicted octanol–water partition coefficient (Wildman–Crippen LogP) is 1.57. The van der Waals surface area contributed by atoms with E-state index >= 15 is 0 Å². The van der Waals surface area contributed by atoms with E-state index in [9.17, 15) is 0 Å². The van der Waals surface area contributed by atoms with Crippen molar-refractivity contribution in [1.29, 1.82) is 0 Å². The van der Waals surface area contributed by atoms with Crippen LogP contribution in [0.4, 0.5) is 0 Å². The van der Waals surface area contributed by atoms with E-state index in [1.165, 1.54) is 12.0 Å². The number of hydrogen-bond donors (Lipinski definition) is 1. The zero-order valence-corrected chi connectivity index (χ0v) is 12.8. The summed E-state index contributed by atoms with van der Waals surface area (Å²) in [7, 11) is 6.39. The molecule has 1 heterocycles. The van der Waals surface area contributed by atoms with Crippen LogP contribution in [0.5, 0.6) is 0 Å². The molecule has 0 radical (unpaired) electrons. The van der Waals surface area contributed by atoms with Crippen LogP contribution in [0.15, 0.2) is 18.3 Å². The second-order valence-electron chi connectivity index (χ2n) is 5.33. The minimum absolute atomic E-state index is 0.905. The molecule has 0 saturated heterocycles. The van der Waals surface area contributed by atoms with Gasteiger partial charge >= 0.3 is 0 Å². The quantitative estimate of drug-likeness (QED) is 0.734. The van der Waals surface area contributed by atoms with Gasteiger partial charge < -0.3 is 15.1 Å². The molecule has 1 aromatic heterocycles. The van der Waals surface area contributed by atoms with Crippen molar-refractivity contribution in [1.82, 2.24) is 20.1 Å². The van der Waals surface area contributed by atoms with Gasteiger partial charge in [0.15, 0.2) is 0 Å². The molecule has 0 unspecified atom stereocenters. The molecule has 108 valence electrons. The lowest BCUT2D eigenvalue weighted by molar-refractivity contribution is 0.292. The fraction of sp³-hybridized carbons (Fsp3) is 0.667. The van der Waals surface area contributed by atoms with Crippen molar-refractivity contribution in [2.75, 3.05) is 40.8 Å². The highest BCUT2D eigenvalue weighted by atomic mass is 15.1. The molecule has 0 bridgehead atoms. The first-order valence-corrected chi connectivity index (χ1v) is 7.09. The zero-order chi connectivity index (χ0) is 14.1. The Morgan fingerprint density at radius 1 is 1.16 bits per heavy atom. The highest BCUT2D eigenvalue weighted by Gasteiger charge is 2.02. The lowest BCUT2D eigenvalue weighted by Crippen LogP contribution is -2.23. The summed E-state index contributed by atoms with van der Waals surface area (Å²) >= 11 is 0. The van der Waals surface area contributed by atoms with Crippen LogP contribution in [0.1, 0.15) is 24.6 Å². The van der Waals surface area contributed by atoms with Gasteiger partial charge in [-0.05, 0) is 58.8 Å². The summed E-state index contributed by atoms with van der Waals surface area (Å²) in [6.07, 6.45) is 3.17. The zero-order valence-electron chi connectivity index (χ0n) is 12.8. The normalized spacial score (nSPS) is 11.5. The molecule has 4 nitrogen and oxygen atoms in total. The summed E-state index contributed by atoms with van der Waals surface area (Å²) < 4.78 is 0. The SMILES string of the molecule is CCNCc1ccc(CN(C)CCCN(C)C)nc1. The maximum atomic E-state index is 4.52. The molecule has 1 aromatic rings. The highest BCUT2D eigenvalue weighted by molar-refractivity contribution is 5.13. The molecule has 0 atom stereocenters. The lowest BCUT2D eigenvalue weighted by atomic mass is 10.2. The Hall–Kier alpha value is -0.970. The number of nitrogens with zero attached hydrogens (tertiary/aromatic N) is 3. The van der Waals surface area contributed by atoms with Gasteiger partial charge in [-0.2, -0.15) is 0 Å². The largest absolute Gasteiger partial charge is 0.313 e. The minimum atomic E-state index is 0.905. The average Bonchev–Trinajstić information content (AvgIpc) is 2.37. The Kier molecular flexibility index (Phi) is 7.63. The maximum Gasteiger partial charge on any atom is 0.0544 e. The van der Waals surface area contributed by atoms with Gasteiger partial charge in [0, 0.05) is 19.3 Å². The molecule has 0 spiro atoms. The van der Waals surface area contributed by atoms with E-state index in [0.717, 1.165) is 38.4 Å². The monoisotopic (exact) mass is 264 g/mol. The van der Waals surface area contributed by atoms with Gasteiger partial charge in [0.05, 0.1) is 5.69 Å². The van der Waals surface area contributed by atoms with E-state index in [-0.39, 0.29) is 0 Å². The molecule has 0 aromatic carbocycles. The van der Waals surface area contributed by atoms with Crippen LogP contribution >= 0.6 is 0 Å². The van der Waals surface area contributed by atoms with Crippen molar-refractivity contribution in [3.63, 3.8) is 0 Å². The van der Waals surface area contributed by atoms with Crippen molar-refractivity contribution in [2.45, 2.75) is 26.4 Å². The molecule has 4 heteroatoms. The van der Waals surface area contributed by atoms with Crippen LogP contribution in [0, 0.1) is 0 Å². The number of aromatic nitrogens is 1.